The molecule has 0 aromatic carbocycles. The second-order valence-corrected chi connectivity index (χ2v) is 10.4. The second-order valence-electron chi connectivity index (χ2n) is 10.4. The molecule has 0 saturated carbocycles. The first kappa shape index (κ1) is 27.8. The summed E-state index contributed by atoms with van der Waals surface area (Å²) in [6, 6.07) is 0. The first-order chi connectivity index (χ1) is 14.2. The van der Waals surface area contributed by atoms with E-state index in [4.69, 9.17) is 9.47 Å². The van der Waals surface area contributed by atoms with Crippen LogP contribution in [0.5, 0.6) is 0 Å². The number of rotatable bonds is 16. The summed E-state index contributed by atoms with van der Waals surface area (Å²) in [7, 11) is 0. The lowest BCUT2D eigenvalue weighted by atomic mass is 9.91. The maximum Gasteiger partial charge on any atom is 0.186 e. The standard InChI is InChI=1S/C25H50O5/c1-18(2)9-6-10-19(3)11-7-12-20(4)13-8-14-21(5)15-16-29-25-24(28)23(27)22(26)17-30-25/h18-28H,6-17H2,1-5H3/t19?,20?,21?,22-,23-,24+,25?/m0/s1. The van der Waals surface area contributed by atoms with E-state index < -0.39 is 24.6 Å². The van der Waals surface area contributed by atoms with Crippen LogP contribution in [0.25, 0.3) is 0 Å². The van der Waals surface area contributed by atoms with Gasteiger partial charge in [-0.2, -0.15) is 0 Å². The molecule has 5 nitrogen and oxygen atoms in total. The van der Waals surface area contributed by atoms with Gasteiger partial charge < -0.3 is 24.8 Å². The summed E-state index contributed by atoms with van der Waals surface area (Å²) in [6.45, 7) is 12.2. The van der Waals surface area contributed by atoms with E-state index in [1.165, 1.54) is 57.8 Å². The second kappa shape index (κ2) is 15.6. The van der Waals surface area contributed by atoms with Crippen LogP contribution < -0.4 is 0 Å². The highest BCUT2D eigenvalue weighted by Gasteiger charge is 2.38. The van der Waals surface area contributed by atoms with Gasteiger partial charge in [-0.3, -0.25) is 0 Å². The molecular formula is C25H50O5. The number of aliphatic hydroxyl groups excluding tert-OH is 3. The van der Waals surface area contributed by atoms with Crippen LogP contribution in [-0.2, 0) is 9.47 Å². The summed E-state index contributed by atoms with van der Waals surface area (Å²) >= 11 is 0. The highest BCUT2D eigenvalue weighted by atomic mass is 16.7. The summed E-state index contributed by atoms with van der Waals surface area (Å²) in [5, 5.41) is 29.0. The minimum atomic E-state index is -1.20. The molecule has 0 aliphatic carbocycles. The van der Waals surface area contributed by atoms with Crippen molar-refractivity contribution in [3.05, 3.63) is 0 Å². The summed E-state index contributed by atoms with van der Waals surface area (Å²) < 4.78 is 10.9. The first-order valence-electron chi connectivity index (χ1n) is 12.5. The fourth-order valence-electron chi connectivity index (χ4n) is 4.25. The van der Waals surface area contributed by atoms with Gasteiger partial charge in [0.1, 0.15) is 18.3 Å². The molecule has 3 N–H and O–H groups in total. The molecule has 1 aliphatic rings. The molecule has 1 heterocycles. The molecule has 1 aliphatic heterocycles. The Kier molecular flexibility index (Phi) is 14.5. The molecule has 0 spiro atoms. The predicted molar refractivity (Wildman–Crippen MR) is 122 cm³/mol. The number of ether oxygens (including phenoxy) is 2. The van der Waals surface area contributed by atoms with Crippen molar-refractivity contribution in [1.29, 1.82) is 0 Å². The summed E-state index contributed by atoms with van der Waals surface area (Å²) in [5.74, 6) is 3.07. The van der Waals surface area contributed by atoms with Crippen LogP contribution >= 0.6 is 0 Å². The van der Waals surface area contributed by atoms with Crippen LogP contribution in [0.2, 0.25) is 0 Å². The van der Waals surface area contributed by atoms with E-state index in [0.717, 1.165) is 24.2 Å². The molecule has 30 heavy (non-hydrogen) atoms. The average Bonchev–Trinajstić information content (AvgIpc) is 2.67. The molecule has 7 atom stereocenters. The minimum absolute atomic E-state index is 0.00689. The maximum atomic E-state index is 9.88. The van der Waals surface area contributed by atoms with Crippen molar-refractivity contribution in [2.45, 2.75) is 123 Å². The van der Waals surface area contributed by atoms with E-state index in [2.05, 4.69) is 34.6 Å². The average molecular weight is 431 g/mol. The topological polar surface area (TPSA) is 79.2 Å². The number of hydrogen-bond acceptors (Lipinski definition) is 5. The molecule has 0 aromatic rings. The van der Waals surface area contributed by atoms with Gasteiger partial charge in [0, 0.05) is 0 Å². The Morgan fingerprint density at radius 2 is 1.17 bits per heavy atom. The molecule has 4 unspecified atom stereocenters. The van der Waals surface area contributed by atoms with E-state index in [0.29, 0.717) is 12.5 Å². The van der Waals surface area contributed by atoms with Crippen LogP contribution in [0, 0.1) is 23.7 Å². The molecule has 1 saturated heterocycles. The monoisotopic (exact) mass is 430 g/mol. The lowest BCUT2D eigenvalue weighted by Gasteiger charge is -2.35. The van der Waals surface area contributed by atoms with Gasteiger partial charge in [-0.05, 0) is 30.1 Å². The van der Waals surface area contributed by atoms with Gasteiger partial charge in [-0.25, -0.2) is 0 Å². The smallest absolute Gasteiger partial charge is 0.186 e. The van der Waals surface area contributed by atoms with E-state index in [1.54, 1.807) is 0 Å². The summed E-state index contributed by atoms with van der Waals surface area (Å²) in [6.07, 6.45) is 8.56. The van der Waals surface area contributed by atoms with Crippen LogP contribution in [0.1, 0.15) is 98.8 Å². The van der Waals surface area contributed by atoms with Gasteiger partial charge in [-0.15, -0.1) is 0 Å². The van der Waals surface area contributed by atoms with Gasteiger partial charge in [-0.1, -0.05) is 92.4 Å². The van der Waals surface area contributed by atoms with Crippen molar-refractivity contribution >= 4 is 0 Å². The van der Waals surface area contributed by atoms with Gasteiger partial charge >= 0.3 is 0 Å². The number of hydrogen-bond donors (Lipinski definition) is 3. The van der Waals surface area contributed by atoms with E-state index >= 15 is 0 Å². The minimum Gasteiger partial charge on any atom is -0.388 e. The quantitative estimate of drug-likeness (QED) is 0.324. The largest absolute Gasteiger partial charge is 0.388 e. The first-order valence-corrected chi connectivity index (χ1v) is 12.5. The zero-order valence-electron chi connectivity index (χ0n) is 20.3. The maximum absolute atomic E-state index is 9.88. The predicted octanol–water partition coefficient (Wildman–Crippen LogP) is 4.91. The Balaban J connectivity index is 2.02. The molecule has 1 rings (SSSR count). The van der Waals surface area contributed by atoms with Crippen molar-refractivity contribution < 1.29 is 24.8 Å². The SMILES string of the molecule is CC(C)CCCC(C)CCCC(C)CCCC(C)CCOC1OC[C@H](O)[C@H](O)[C@H]1O. The lowest BCUT2D eigenvalue weighted by Crippen LogP contribution is -2.53. The van der Waals surface area contributed by atoms with E-state index in [1.807, 2.05) is 0 Å². The van der Waals surface area contributed by atoms with Crippen molar-refractivity contribution in [2.75, 3.05) is 13.2 Å². The van der Waals surface area contributed by atoms with Crippen LogP contribution in [0.15, 0.2) is 0 Å². The van der Waals surface area contributed by atoms with E-state index in [-0.39, 0.29) is 6.61 Å². The zero-order chi connectivity index (χ0) is 22.5. The molecule has 0 bridgehead atoms. The number of aliphatic hydroxyl groups is 3. The molecule has 0 radical (unpaired) electrons. The molecule has 0 amide bonds. The molecule has 0 aromatic heterocycles. The Labute approximate surface area is 185 Å². The third kappa shape index (κ3) is 12.0. The zero-order valence-corrected chi connectivity index (χ0v) is 20.3. The molecule has 1 fully saturated rings. The third-order valence-electron chi connectivity index (χ3n) is 6.61. The van der Waals surface area contributed by atoms with Crippen LogP contribution in [-0.4, -0.2) is 53.1 Å². The Bertz CT molecular complexity index is 416. The highest BCUT2D eigenvalue weighted by molar-refractivity contribution is 4.82. The summed E-state index contributed by atoms with van der Waals surface area (Å²) in [4.78, 5) is 0. The molecule has 5 heteroatoms. The van der Waals surface area contributed by atoms with Crippen LogP contribution in [0.3, 0.4) is 0 Å². The third-order valence-corrected chi connectivity index (χ3v) is 6.61. The normalized spacial score (nSPS) is 27.9. The fraction of sp³-hybridized carbons (Fsp3) is 1.00. The van der Waals surface area contributed by atoms with Gasteiger partial charge in [0.25, 0.3) is 0 Å². The van der Waals surface area contributed by atoms with Crippen LogP contribution in [0.4, 0.5) is 0 Å². The van der Waals surface area contributed by atoms with Crippen molar-refractivity contribution in [3.8, 4) is 0 Å². The van der Waals surface area contributed by atoms with Crippen molar-refractivity contribution in [3.63, 3.8) is 0 Å². The Morgan fingerprint density at radius 3 is 1.67 bits per heavy atom. The van der Waals surface area contributed by atoms with Gasteiger partial charge in [0.05, 0.1) is 13.2 Å². The van der Waals surface area contributed by atoms with Gasteiger partial charge in [0.15, 0.2) is 6.29 Å². The van der Waals surface area contributed by atoms with Crippen molar-refractivity contribution in [1.82, 2.24) is 0 Å². The Morgan fingerprint density at radius 1 is 0.700 bits per heavy atom. The van der Waals surface area contributed by atoms with E-state index in [9.17, 15) is 15.3 Å². The van der Waals surface area contributed by atoms with Gasteiger partial charge in [0.2, 0.25) is 0 Å². The molecular weight excluding hydrogens is 380 g/mol. The Hall–Kier alpha value is -0.200. The lowest BCUT2D eigenvalue weighted by molar-refractivity contribution is -0.270. The van der Waals surface area contributed by atoms with Crippen molar-refractivity contribution in [2.24, 2.45) is 23.7 Å². The fourth-order valence-corrected chi connectivity index (χ4v) is 4.25. The molecule has 180 valence electrons. The highest BCUT2D eigenvalue weighted by Crippen LogP contribution is 2.23. The summed E-state index contributed by atoms with van der Waals surface area (Å²) in [5.41, 5.74) is 0.